The first-order chi connectivity index (χ1) is 8.20. The van der Waals surface area contributed by atoms with E-state index < -0.39 is 0 Å². The third-order valence-electron chi connectivity index (χ3n) is 2.76. The van der Waals surface area contributed by atoms with E-state index in [1.54, 1.807) is 4.90 Å². The normalized spacial score (nSPS) is 19.5. The molecule has 0 spiro atoms. The van der Waals surface area contributed by atoms with Gasteiger partial charge in [-0.05, 0) is 30.7 Å². The molecule has 1 atom stereocenters. The van der Waals surface area contributed by atoms with Crippen molar-refractivity contribution in [3.63, 3.8) is 0 Å². The number of carbonyl (C=O) groups excluding carboxylic acids is 1. The number of cyclic esters (lactones) is 1. The Morgan fingerprint density at radius 2 is 2.12 bits per heavy atom. The van der Waals surface area contributed by atoms with E-state index in [1.165, 1.54) is 0 Å². The van der Waals surface area contributed by atoms with Crippen LogP contribution >= 0.6 is 15.9 Å². The molecule has 1 aliphatic heterocycles. The Kier molecular flexibility index (Phi) is 4.02. The maximum absolute atomic E-state index is 11.6. The van der Waals surface area contributed by atoms with Crippen LogP contribution in [0.5, 0.6) is 0 Å². The minimum Gasteiger partial charge on any atom is -0.439 e. The molecule has 1 fully saturated rings. The van der Waals surface area contributed by atoms with Gasteiger partial charge in [0.15, 0.2) is 0 Å². The summed E-state index contributed by atoms with van der Waals surface area (Å²) >= 11 is 3.38. The fourth-order valence-corrected chi connectivity index (χ4v) is 2.09. The van der Waals surface area contributed by atoms with E-state index in [9.17, 15) is 4.79 Å². The summed E-state index contributed by atoms with van der Waals surface area (Å²) in [5.74, 6) is 0. The molecule has 0 saturated carbocycles. The van der Waals surface area contributed by atoms with Crippen LogP contribution in [-0.4, -0.2) is 30.6 Å². The number of ether oxygens (including phenoxy) is 1. The fourth-order valence-electron chi connectivity index (χ4n) is 1.82. The van der Waals surface area contributed by atoms with Gasteiger partial charge in [0.1, 0.15) is 6.10 Å². The van der Waals surface area contributed by atoms with E-state index in [0.29, 0.717) is 19.6 Å². The zero-order chi connectivity index (χ0) is 12.3. The summed E-state index contributed by atoms with van der Waals surface area (Å²) in [5, 5.41) is 0. The highest BCUT2D eigenvalue weighted by Gasteiger charge is 2.31. The van der Waals surface area contributed by atoms with Crippen molar-refractivity contribution in [1.29, 1.82) is 0 Å². The largest absolute Gasteiger partial charge is 0.439 e. The van der Waals surface area contributed by atoms with Crippen LogP contribution < -0.4 is 5.73 Å². The Balaban J connectivity index is 2.00. The minimum atomic E-state index is -0.244. The van der Waals surface area contributed by atoms with E-state index in [4.69, 9.17) is 10.5 Å². The van der Waals surface area contributed by atoms with Crippen LogP contribution in [0.3, 0.4) is 0 Å². The van der Waals surface area contributed by atoms with Crippen LogP contribution in [0, 0.1) is 0 Å². The van der Waals surface area contributed by atoms with Gasteiger partial charge in [-0.1, -0.05) is 28.1 Å². The third-order valence-corrected chi connectivity index (χ3v) is 3.29. The molecule has 0 bridgehead atoms. The van der Waals surface area contributed by atoms with Crippen LogP contribution in [0.2, 0.25) is 0 Å². The van der Waals surface area contributed by atoms with Gasteiger partial charge in [-0.3, -0.25) is 0 Å². The lowest BCUT2D eigenvalue weighted by Gasteiger charge is -2.11. The van der Waals surface area contributed by atoms with Crippen molar-refractivity contribution >= 4 is 22.0 Å². The second-order valence-electron chi connectivity index (χ2n) is 4.01. The predicted octanol–water partition coefficient (Wildman–Crippen LogP) is 2.29. The quantitative estimate of drug-likeness (QED) is 0.928. The van der Waals surface area contributed by atoms with E-state index in [1.807, 2.05) is 24.3 Å². The van der Waals surface area contributed by atoms with Crippen LogP contribution in [0.25, 0.3) is 0 Å². The van der Waals surface area contributed by atoms with Crippen molar-refractivity contribution < 1.29 is 9.53 Å². The van der Waals surface area contributed by atoms with Crippen molar-refractivity contribution in [2.75, 3.05) is 19.6 Å². The summed E-state index contributed by atoms with van der Waals surface area (Å²) in [6.07, 6.45) is 0.405. The predicted molar refractivity (Wildman–Crippen MR) is 68.6 cm³/mol. The summed E-state index contributed by atoms with van der Waals surface area (Å²) in [4.78, 5) is 13.3. The van der Waals surface area contributed by atoms with Crippen molar-refractivity contribution in [2.24, 2.45) is 5.73 Å². The molecular weight excluding hydrogens is 284 g/mol. The van der Waals surface area contributed by atoms with E-state index in [2.05, 4.69) is 15.9 Å². The van der Waals surface area contributed by atoms with Crippen molar-refractivity contribution in [1.82, 2.24) is 4.90 Å². The van der Waals surface area contributed by atoms with Gasteiger partial charge in [-0.25, -0.2) is 4.79 Å². The fraction of sp³-hybridized carbons (Fsp3) is 0.417. The van der Waals surface area contributed by atoms with Crippen molar-refractivity contribution in [3.8, 4) is 0 Å². The second-order valence-corrected chi connectivity index (χ2v) is 4.93. The average molecular weight is 299 g/mol. The number of rotatable bonds is 4. The molecule has 4 nitrogen and oxygen atoms in total. The summed E-state index contributed by atoms with van der Waals surface area (Å²) in [7, 11) is 0. The molecule has 2 rings (SSSR count). The maximum Gasteiger partial charge on any atom is 0.410 e. The van der Waals surface area contributed by atoms with Crippen LogP contribution in [-0.2, 0) is 4.74 Å². The lowest BCUT2D eigenvalue weighted by molar-refractivity contribution is 0.132. The van der Waals surface area contributed by atoms with E-state index >= 15 is 0 Å². The number of nitrogens with two attached hydrogens (primary N) is 1. The van der Waals surface area contributed by atoms with Crippen LogP contribution in [0.4, 0.5) is 4.79 Å². The Bertz CT molecular complexity index is 394. The van der Waals surface area contributed by atoms with Gasteiger partial charge in [0.05, 0.1) is 6.54 Å². The highest BCUT2D eigenvalue weighted by Crippen LogP contribution is 2.26. The zero-order valence-electron chi connectivity index (χ0n) is 9.43. The standard InChI is InChI=1S/C12H15BrN2O2/c13-10-4-2-9(3-5-10)11-8-15(7-1-6-14)12(16)17-11/h2-5,11H,1,6-8,14H2. The second kappa shape index (κ2) is 5.51. The van der Waals surface area contributed by atoms with Gasteiger partial charge in [0.25, 0.3) is 0 Å². The lowest BCUT2D eigenvalue weighted by Crippen LogP contribution is -2.27. The number of amides is 1. The topological polar surface area (TPSA) is 55.6 Å². The molecule has 1 aromatic carbocycles. The molecule has 1 amide bonds. The Hall–Kier alpha value is -1.07. The summed E-state index contributed by atoms with van der Waals surface area (Å²) in [5.41, 5.74) is 6.46. The molecule has 1 heterocycles. The number of nitrogens with zero attached hydrogens (tertiary/aromatic N) is 1. The molecule has 1 unspecified atom stereocenters. The summed E-state index contributed by atoms with van der Waals surface area (Å²) < 4.78 is 6.35. The minimum absolute atomic E-state index is 0.159. The van der Waals surface area contributed by atoms with Gasteiger partial charge in [0.2, 0.25) is 0 Å². The van der Waals surface area contributed by atoms with Gasteiger partial charge in [-0.2, -0.15) is 0 Å². The first-order valence-electron chi connectivity index (χ1n) is 5.62. The molecular formula is C12H15BrN2O2. The third kappa shape index (κ3) is 2.98. The highest BCUT2D eigenvalue weighted by molar-refractivity contribution is 9.10. The number of halogens is 1. The summed E-state index contributed by atoms with van der Waals surface area (Å²) in [6, 6.07) is 7.83. The monoisotopic (exact) mass is 298 g/mol. The molecule has 0 aromatic heterocycles. The number of carbonyl (C=O) groups is 1. The average Bonchev–Trinajstić information content (AvgIpc) is 2.69. The molecule has 17 heavy (non-hydrogen) atoms. The number of hydrogen-bond acceptors (Lipinski definition) is 3. The molecule has 2 N–H and O–H groups in total. The SMILES string of the molecule is NCCCN1CC(c2ccc(Br)cc2)OC1=O. The highest BCUT2D eigenvalue weighted by atomic mass is 79.9. The zero-order valence-corrected chi connectivity index (χ0v) is 11.0. The molecule has 0 aliphatic carbocycles. The molecule has 92 valence electrons. The first kappa shape index (κ1) is 12.4. The van der Waals surface area contributed by atoms with Crippen molar-refractivity contribution in [3.05, 3.63) is 34.3 Å². The Morgan fingerprint density at radius 1 is 1.41 bits per heavy atom. The summed E-state index contributed by atoms with van der Waals surface area (Å²) in [6.45, 7) is 1.87. The smallest absolute Gasteiger partial charge is 0.410 e. The number of benzene rings is 1. The number of hydrogen-bond donors (Lipinski definition) is 1. The van der Waals surface area contributed by atoms with E-state index in [-0.39, 0.29) is 12.2 Å². The van der Waals surface area contributed by atoms with Crippen LogP contribution in [0.1, 0.15) is 18.1 Å². The first-order valence-corrected chi connectivity index (χ1v) is 6.41. The maximum atomic E-state index is 11.6. The van der Waals surface area contributed by atoms with Gasteiger partial charge in [0, 0.05) is 11.0 Å². The Morgan fingerprint density at radius 3 is 2.76 bits per heavy atom. The van der Waals surface area contributed by atoms with E-state index in [0.717, 1.165) is 16.5 Å². The van der Waals surface area contributed by atoms with Gasteiger partial charge < -0.3 is 15.4 Å². The Labute approximate surface area is 109 Å². The van der Waals surface area contributed by atoms with Crippen molar-refractivity contribution in [2.45, 2.75) is 12.5 Å². The van der Waals surface area contributed by atoms with Gasteiger partial charge >= 0.3 is 6.09 Å². The van der Waals surface area contributed by atoms with Gasteiger partial charge in [-0.15, -0.1) is 0 Å². The lowest BCUT2D eigenvalue weighted by atomic mass is 10.1. The molecule has 1 saturated heterocycles. The molecule has 1 aliphatic rings. The molecule has 0 radical (unpaired) electrons. The van der Waals surface area contributed by atoms with Crippen LogP contribution in [0.15, 0.2) is 28.7 Å². The molecule has 5 heteroatoms. The molecule has 1 aromatic rings.